The van der Waals surface area contributed by atoms with Gasteiger partial charge in [-0.1, -0.05) is 26.8 Å². The van der Waals surface area contributed by atoms with Crippen LogP contribution in [0, 0.1) is 29.6 Å². The molecule has 0 amide bonds. The summed E-state index contributed by atoms with van der Waals surface area (Å²) in [6, 6.07) is 4.17. The summed E-state index contributed by atoms with van der Waals surface area (Å²) in [5.41, 5.74) is 7.28. The summed E-state index contributed by atoms with van der Waals surface area (Å²) in [6.45, 7) is 7.14. The second kappa shape index (κ2) is 5.38. The van der Waals surface area contributed by atoms with Crippen molar-refractivity contribution >= 4 is 5.82 Å². The van der Waals surface area contributed by atoms with Crippen LogP contribution in [0.4, 0.5) is 5.82 Å². The van der Waals surface area contributed by atoms with Crippen molar-refractivity contribution in [2.24, 2.45) is 29.6 Å². The fourth-order valence-corrected chi connectivity index (χ4v) is 5.02. The first-order valence-electron chi connectivity index (χ1n) is 8.26. The Labute approximate surface area is 123 Å². The minimum absolute atomic E-state index is 0.542. The van der Waals surface area contributed by atoms with Crippen LogP contribution in [0.15, 0.2) is 18.3 Å². The average Bonchev–Trinajstić information content (AvgIpc) is 2.98. The zero-order chi connectivity index (χ0) is 14.3. The van der Waals surface area contributed by atoms with Gasteiger partial charge in [0, 0.05) is 6.20 Å². The summed E-state index contributed by atoms with van der Waals surface area (Å²) in [7, 11) is 0. The molecule has 1 heterocycles. The van der Waals surface area contributed by atoms with Gasteiger partial charge in [-0.05, 0) is 72.8 Å². The highest BCUT2D eigenvalue weighted by Crippen LogP contribution is 2.56. The number of anilines is 1. The zero-order valence-electron chi connectivity index (χ0n) is 13.0. The van der Waals surface area contributed by atoms with Crippen LogP contribution in [-0.4, -0.2) is 4.98 Å². The molecule has 20 heavy (non-hydrogen) atoms. The summed E-state index contributed by atoms with van der Waals surface area (Å²) in [4.78, 5) is 4.24. The largest absolute Gasteiger partial charge is 0.383 e. The maximum atomic E-state index is 6.04. The topological polar surface area (TPSA) is 38.9 Å². The van der Waals surface area contributed by atoms with E-state index in [2.05, 4.69) is 31.8 Å². The van der Waals surface area contributed by atoms with E-state index in [0.29, 0.717) is 5.92 Å². The third-order valence-electron chi connectivity index (χ3n) is 5.92. The van der Waals surface area contributed by atoms with Gasteiger partial charge in [-0.15, -0.1) is 0 Å². The van der Waals surface area contributed by atoms with Gasteiger partial charge >= 0.3 is 0 Å². The highest BCUT2D eigenvalue weighted by molar-refractivity contribution is 5.40. The Kier molecular flexibility index (Phi) is 3.74. The van der Waals surface area contributed by atoms with E-state index < -0.39 is 0 Å². The molecule has 0 aromatic carbocycles. The number of hydrogen-bond donors (Lipinski definition) is 1. The fraction of sp³-hybridized carbons (Fsp3) is 0.722. The Morgan fingerprint density at radius 1 is 1.25 bits per heavy atom. The van der Waals surface area contributed by atoms with Gasteiger partial charge in [-0.2, -0.15) is 0 Å². The van der Waals surface area contributed by atoms with Crippen molar-refractivity contribution in [2.75, 3.05) is 5.73 Å². The normalized spacial score (nSPS) is 33.8. The van der Waals surface area contributed by atoms with Gasteiger partial charge in [0.2, 0.25) is 0 Å². The molecule has 1 aromatic heterocycles. The standard InChI is InChI=1S/C18H28N2/c1-11(2)16-9-13-8-14(17(16)10-13)7-12(3)15-5-4-6-20-18(15)19/h4-6,11-14,16-17H,7-10H2,1-3H3,(H2,19,20)/t12?,13-,14?,16?,17+/m0/s1. The summed E-state index contributed by atoms with van der Waals surface area (Å²) >= 11 is 0. The summed E-state index contributed by atoms with van der Waals surface area (Å²) in [6.07, 6.45) is 7.52. The Hall–Kier alpha value is -1.05. The van der Waals surface area contributed by atoms with E-state index >= 15 is 0 Å². The van der Waals surface area contributed by atoms with Crippen molar-refractivity contribution in [3.8, 4) is 0 Å². The third kappa shape index (κ3) is 2.45. The minimum Gasteiger partial charge on any atom is -0.383 e. The van der Waals surface area contributed by atoms with Crippen molar-refractivity contribution in [1.82, 2.24) is 4.98 Å². The summed E-state index contributed by atoms with van der Waals surface area (Å²) in [5.74, 6) is 5.99. The van der Waals surface area contributed by atoms with Crippen LogP contribution >= 0.6 is 0 Å². The Balaban J connectivity index is 1.68. The van der Waals surface area contributed by atoms with E-state index in [1.54, 1.807) is 6.20 Å². The number of nitrogen functional groups attached to an aromatic ring is 1. The van der Waals surface area contributed by atoms with E-state index in [1.807, 2.05) is 6.07 Å². The van der Waals surface area contributed by atoms with E-state index in [0.717, 1.165) is 35.4 Å². The first-order valence-corrected chi connectivity index (χ1v) is 8.26. The Morgan fingerprint density at radius 3 is 2.70 bits per heavy atom. The lowest BCUT2D eigenvalue weighted by atomic mass is 9.72. The first kappa shape index (κ1) is 13.9. The molecule has 0 radical (unpaired) electrons. The van der Waals surface area contributed by atoms with Crippen LogP contribution in [-0.2, 0) is 0 Å². The minimum atomic E-state index is 0.542. The van der Waals surface area contributed by atoms with Gasteiger partial charge in [0.05, 0.1) is 0 Å². The molecule has 2 fully saturated rings. The maximum absolute atomic E-state index is 6.04. The molecule has 2 aliphatic carbocycles. The quantitative estimate of drug-likeness (QED) is 0.878. The van der Waals surface area contributed by atoms with Gasteiger partial charge in [-0.3, -0.25) is 0 Å². The number of hydrogen-bond acceptors (Lipinski definition) is 2. The molecule has 2 saturated carbocycles. The van der Waals surface area contributed by atoms with Gasteiger partial charge in [0.1, 0.15) is 5.82 Å². The summed E-state index contributed by atoms with van der Waals surface area (Å²) in [5, 5.41) is 0. The smallest absolute Gasteiger partial charge is 0.126 e. The summed E-state index contributed by atoms with van der Waals surface area (Å²) < 4.78 is 0. The van der Waals surface area contributed by atoms with Gasteiger partial charge in [-0.25, -0.2) is 4.98 Å². The molecule has 3 unspecified atom stereocenters. The molecule has 2 aliphatic rings. The SMILES string of the molecule is CC(CC1C[C@H]2CC(C(C)C)[C@@H]1C2)c1cccnc1N. The molecular formula is C18H28N2. The van der Waals surface area contributed by atoms with Gasteiger partial charge in [0.25, 0.3) is 0 Å². The van der Waals surface area contributed by atoms with Crippen molar-refractivity contribution in [3.05, 3.63) is 23.9 Å². The molecule has 110 valence electrons. The highest BCUT2D eigenvalue weighted by Gasteiger charge is 2.46. The van der Waals surface area contributed by atoms with Gasteiger partial charge < -0.3 is 5.73 Å². The molecule has 2 nitrogen and oxygen atoms in total. The second-order valence-electron chi connectivity index (χ2n) is 7.52. The molecule has 0 saturated heterocycles. The van der Waals surface area contributed by atoms with Crippen molar-refractivity contribution < 1.29 is 0 Å². The molecule has 1 aromatic rings. The molecule has 5 atom stereocenters. The number of nitrogens with zero attached hydrogens (tertiary/aromatic N) is 1. The second-order valence-corrected chi connectivity index (χ2v) is 7.52. The molecule has 0 aliphatic heterocycles. The Bertz CT molecular complexity index is 468. The molecule has 2 heteroatoms. The number of pyridine rings is 1. The van der Waals surface area contributed by atoms with Crippen molar-refractivity contribution in [3.63, 3.8) is 0 Å². The monoisotopic (exact) mass is 272 g/mol. The Morgan fingerprint density at radius 2 is 2.05 bits per heavy atom. The fourth-order valence-electron chi connectivity index (χ4n) is 5.02. The molecule has 2 bridgehead atoms. The zero-order valence-corrected chi connectivity index (χ0v) is 13.0. The van der Waals surface area contributed by atoms with Crippen LogP contribution < -0.4 is 5.73 Å². The number of fused-ring (bicyclic) bond motifs is 2. The van der Waals surface area contributed by atoms with E-state index in [1.165, 1.54) is 31.2 Å². The predicted octanol–water partition coefficient (Wildman–Crippen LogP) is 4.48. The molecule has 3 rings (SSSR count). The van der Waals surface area contributed by atoms with Crippen LogP contribution in [0.1, 0.15) is 57.9 Å². The third-order valence-corrected chi connectivity index (χ3v) is 5.92. The molecular weight excluding hydrogens is 244 g/mol. The lowest BCUT2D eigenvalue weighted by molar-refractivity contribution is 0.174. The van der Waals surface area contributed by atoms with Gasteiger partial charge in [0.15, 0.2) is 0 Å². The van der Waals surface area contributed by atoms with E-state index in [4.69, 9.17) is 5.73 Å². The highest BCUT2D eigenvalue weighted by atomic mass is 14.8. The van der Waals surface area contributed by atoms with Crippen molar-refractivity contribution in [1.29, 1.82) is 0 Å². The van der Waals surface area contributed by atoms with Crippen LogP contribution in [0.25, 0.3) is 0 Å². The number of rotatable bonds is 4. The molecule has 2 N–H and O–H groups in total. The van der Waals surface area contributed by atoms with Crippen LogP contribution in [0.2, 0.25) is 0 Å². The lowest BCUT2D eigenvalue weighted by Gasteiger charge is -2.33. The van der Waals surface area contributed by atoms with Crippen molar-refractivity contribution in [2.45, 2.75) is 52.4 Å². The number of nitrogens with two attached hydrogens (primary N) is 1. The maximum Gasteiger partial charge on any atom is 0.126 e. The van der Waals surface area contributed by atoms with E-state index in [9.17, 15) is 0 Å². The van der Waals surface area contributed by atoms with E-state index in [-0.39, 0.29) is 0 Å². The molecule has 0 spiro atoms. The number of aromatic nitrogens is 1. The van der Waals surface area contributed by atoms with Crippen LogP contribution in [0.3, 0.4) is 0 Å². The average molecular weight is 272 g/mol. The lowest BCUT2D eigenvalue weighted by Crippen LogP contribution is -2.25. The first-order chi connectivity index (χ1) is 9.56. The predicted molar refractivity (Wildman–Crippen MR) is 84.3 cm³/mol. The van der Waals surface area contributed by atoms with Crippen LogP contribution in [0.5, 0.6) is 0 Å².